The maximum atomic E-state index is 13.3. The number of benzene rings is 2. The molecule has 2 saturated heterocycles. The number of aryl methyl sites for hydroxylation is 1. The largest absolute Gasteiger partial charge is 0.695 e. The predicted molar refractivity (Wildman–Crippen MR) is 261 cm³/mol. The second kappa shape index (κ2) is 28.5. The Morgan fingerprint density at radius 3 is 2.00 bits per heavy atom. The molecule has 4 unspecified atom stereocenters. The smallest absolute Gasteiger partial charge is 0.441 e. The second-order valence-electron chi connectivity index (χ2n) is 18.6. The molecule has 3 heterocycles. The average molecular weight is 992 g/mol. The number of aromatic nitrogens is 3. The van der Waals surface area contributed by atoms with Crippen molar-refractivity contribution >= 4 is 38.0 Å². The molecule has 3 aromatic rings. The predicted octanol–water partition coefficient (Wildman–Crippen LogP) is 5.63. The quantitative estimate of drug-likeness (QED) is 0.0382. The van der Waals surface area contributed by atoms with Crippen LogP contribution in [0.5, 0.6) is 0 Å². The Bertz CT molecular complexity index is 2210. The van der Waals surface area contributed by atoms with Crippen LogP contribution in [0.4, 0.5) is 4.79 Å². The van der Waals surface area contributed by atoms with Crippen LogP contribution >= 0.6 is 8.25 Å². The number of unbranched alkanes of at least 4 members (excludes halogenated alkanes) is 8. The number of likely N-dealkylation sites (tertiary alicyclic amines) is 2. The number of hydrogen-bond donors (Lipinski definition) is 6. The molecule has 6 rings (SSSR count). The van der Waals surface area contributed by atoms with Gasteiger partial charge in [0, 0.05) is 99.0 Å². The maximum absolute atomic E-state index is 13.3. The number of ether oxygens (including phenoxy) is 1. The fourth-order valence-electron chi connectivity index (χ4n) is 9.54. The molecule has 0 saturated carbocycles. The van der Waals surface area contributed by atoms with Gasteiger partial charge in [0.15, 0.2) is 0 Å². The number of carbonyl (C=O) groups excluding carboxylic acids is 5. The zero-order chi connectivity index (χ0) is 49.7. The molecule has 5 atom stereocenters. The van der Waals surface area contributed by atoms with Crippen molar-refractivity contribution in [1.82, 2.24) is 40.7 Å². The molecule has 0 bridgehead atoms. The van der Waals surface area contributed by atoms with Crippen LogP contribution < -0.4 is 16.0 Å². The van der Waals surface area contributed by atoms with Crippen LogP contribution in [0.3, 0.4) is 0 Å². The van der Waals surface area contributed by atoms with Crippen LogP contribution in [-0.4, -0.2) is 134 Å². The van der Waals surface area contributed by atoms with E-state index < -0.39 is 38.7 Å². The van der Waals surface area contributed by atoms with E-state index in [1.807, 2.05) is 53.2 Å². The van der Waals surface area contributed by atoms with Crippen molar-refractivity contribution in [2.75, 3.05) is 45.9 Å². The van der Waals surface area contributed by atoms with Crippen molar-refractivity contribution in [3.05, 3.63) is 59.7 Å². The van der Waals surface area contributed by atoms with Gasteiger partial charge in [-0.1, -0.05) is 79.4 Å². The fourth-order valence-corrected chi connectivity index (χ4v) is 9.95. The van der Waals surface area contributed by atoms with E-state index in [2.05, 4.69) is 26.3 Å². The second-order valence-corrected chi connectivity index (χ2v) is 19.3. The highest BCUT2D eigenvalue weighted by molar-refractivity contribution is 7.32. The van der Waals surface area contributed by atoms with E-state index >= 15 is 0 Å². The maximum Gasteiger partial charge on any atom is 0.695 e. The molecule has 19 nitrogen and oxygen atoms in total. The van der Waals surface area contributed by atoms with Crippen molar-refractivity contribution < 1.29 is 52.9 Å². The van der Waals surface area contributed by atoms with E-state index in [9.17, 15) is 38.8 Å². The third-order valence-corrected chi connectivity index (χ3v) is 13.8. The van der Waals surface area contributed by atoms with Crippen molar-refractivity contribution in [3.8, 4) is 22.5 Å². The summed E-state index contributed by atoms with van der Waals surface area (Å²) in [5.41, 5.74) is 5.29. The zero-order valence-electron chi connectivity index (χ0n) is 40.3. The summed E-state index contributed by atoms with van der Waals surface area (Å²) in [5.74, 6) is -0.0601. The summed E-state index contributed by atoms with van der Waals surface area (Å²) in [6.45, 7) is 3.09. The summed E-state index contributed by atoms with van der Waals surface area (Å²) in [5, 5.41) is 37.4. The minimum Gasteiger partial charge on any atom is -0.441 e. The normalized spacial score (nSPS) is 18.5. The third kappa shape index (κ3) is 16.6. The molecule has 5 amide bonds. The number of alkyl carbamates (subject to hydrolysis) is 1. The van der Waals surface area contributed by atoms with Gasteiger partial charge in [-0.3, -0.25) is 19.2 Å². The van der Waals surface area contributed by atoms with Crippen LogP contribution in [0.2, 0.25) is 0 Å². The van der Waals surface area contributed by atoms with Gasteiger partial charge in [-0.05, 0) is 63.4 Å². The van der Waals surface area contributed by atoms with E-state index in [1.165, 1.54) is 4.90 Å². The summed E-state index contributed by atoms with van der Waals surface area (Å²) >= 11 is 0. The molecular formula is C50H72N8O11P+. The van der Waals surface area contributed by atoms with E-state index in [0.29, 0.717) is 97.1 Å². The monoisotopic (exact) mass is 992 g/mol. The van der Waals surface area contributed by atoms with Crippen LogP contribution in [0.25, 0.3) is 22.5 Å². The SMILES string of the molecule is O=C(CCCCCNC(=O)OC1Cc2ccccc2-c2nnn(CCCCCC(=O)NCCCCCC(=O)N3CC[C@@H](O)C3)c2-c2ccccc21)NCCCCCC(=O)N1CC(O[P+](=O)O)CC1CO. The number of amides is 5. The van der Waals surface area contributed by atoms with Crippen molar-refractivity contribution in [2.24, 2.45) is 0 Å². The lowest BCUT2D eigenvalue weighted by Crippen LogP contribution is -2.37. The molecular weight excluding hydrogens is 920 g/mol. The Kier molecular flexibility index (Phi) is 22.0. The highest BCUT2D eigenvalue weighted by atomic mass is 31.1. The van der Waals surface area contributed by atoms with Crippen molar-refractivity contribution in [3.63, 3.8) is 0 Å². The number of fused-ring (bicyclic) bond motifs is 5. The van der Waals surface area contributed by atoms with Crippen molar-refractivity contribution in [2.45, 2.75) is 153 Å². The minimum absolute atomic E-state index is 0.0229. The van der Waals surface area contributed by atoms with E-state index in [-0.39, 0.29) is 43.2 Å². The lowest BCUT2D eigenvalue weighted by molar-refractivity contribution is -0.133. The first-order valence-electron chi connectivity index (χ1n) is 25.3. The third-order valence-electron chi connectivity index (χ3n) is 13.3. The van der Waals surface area contributed by atoms with Crippen LogP contribution in [0, 0.1) is 0 Å². The molecule has 2 aromatic carbocycles. The molecule has 0 radical (unpaired) electrons. The molecule has 1 aliphatic carbocycles. The summed E-state index contributed by atoms with van der Waals surface area (Å²) in [6.07, 6.45) is 9.86. The Morgan fingerprint density at radius 1 is 0.729 bits per heavy atom. The van der Waals surface area contributed by atoms with Gasteiger partial charge in [-0.15, -0.1) is 14.5 Å². The lowest BCUT2D eigenvalue weighted by Gasteiger charge is -2.25. The molecule has 2 fully saturated rings. The molecule has 2 aliphatic heterocycles. The van der Waals surface area contributed by atoms with Gasteiger partial charge in [0.2, 0.25) is 23.6 Å². The first-order chi connectivity index (χ1) is 34.0. The van der Waals surface area contributed by atoms with Gasteiger partial charge in [0.25, 0.3) is 0 Å². The van der Waals surface area contributed by atoms with Gasteiger partial charge in [0.1, 0.15) is 17.9 Å². The van der Waals surface area contributed by atoms with Gasteiger partial charge in [-0.25, -0.2) is 9.48 Å². The highest BCUT2D eigenvalue weighted by Crippen LogP contribution is 2.42. The highest BCUT2D eigenvalue weighted by Gasteiger charge is 2.39. The molecule has 70 heavy (non-hydrogen) atoms. The number of β-amino-alcohol motifs (C(OH)–C–C–N with tert-alkyl or cyclic N) is 1. The number of nitrogens with one attached hydrogen (secondary N) is 3. The number of carbonyl (C=O) groups is 5. The summed E-state index contributed by atoms with van der Waals surface area (Å²) < 4.78 is 24.0. The van der Waals surface area contributed by atoms with Gasteiger partial charge >= 0.3 is 14.3 Å². The summed E-state index contributed by atoms with van der Waals surface area (Å²) in [7, 11) is -2.77. The standard InChI is InChI=1S/C50H71N8O11P/c59-35-37-32-39(69-70(66)67)34-57(37)47(64)24-8-3-14-27-51-44(61)21-5-1-15-28-53-50(65)68-43-31-36-17-9-10-18-40(36)48-49(42-20-12-11-19-41(42)43)58(55-54-48)29-16-4-6-22-45(62)52-26-13-2-7-23-46(63)56-30-25-38(60)33-56/h9-12,17-20,37-39,43,59-60H,1-8,13-16,21-35H2,(H3-,51,52,53,61,62,65,66,67)/p+1/t37?,38-,39?,43?/m1/s1. The summed E-state index contributed by atoms with van der Waals surface area (Å²) in [6, 6.07) is 15.4. The minimum atomic E-state index is -2.77. The molecule has 0 spiro atoms. The molecule has 382 valence electrons. The first kappa shape index (κ1) is 54.0. The number of hydrogen-bond acceptors (Lipinski definition) is 12. The topological polar surface area (TPSA) is 255 Å². The number of nitrogens with zero attached hydrogens (tertiary/aromatic N) is 5. The van der Waals surface area contributed by atoms with E-state index in [1.54, 1.807) is 4.90 Å². The summed E-state index contributed by atoms with van der Waals surface area (Å²) in [4.78, 5) is 75.5. The Labute approximate surface area is 411 Å². The van der Waals surface area contributed by atoms with E-state index in [0.717, 1.165) is 91.4 Å². The number of aliphatic hydroxyl groups is 2. The molecule has 3 aliphatic rings. The molecule has 20 heteroatoms. The Balaban J connectivity index is 0.868. The van der Waals surface area contributed by atoms with Crippen LogP contribution in [0.15, 0.2) is 48.5 Å². The van der Waals surface area contributed by atoms with Gasteiger partial charge in [-0.2, -0.15) is 0 Å². The lowest BCUT2D eigenvalue weighted by atomic mass is 9.87. The molecule has 1 aromatic heterocycles. The van der Waals surface area contributed by atoms with Gasteiger partial charge < -0.3 is 40.7 Å². The number of aliphatic hydroxyl groups excluding tert-OH is 2. The van der Waals surface area contributed by atoms with Crippen molar-refractivity contribution in [1.29, 1.82) is 0 Å². The Hall–Kier alpha value is -5.33. The van der Waals surface area contributed by atoms with Crippen LogP contribution in [0.1, 0.15) is 133 Å². The first-order valence-corrected chi connectivity index (χ1v) is 26.4. The fraction of sp³-hybridized carbons (Fsp3) is 0.620. The Morgan fingerprint density at radius 2 is 1.34 bits per heavy atom. The van der Waals surface area contributed by atoms with E-state index in [4.69, 9.17) is 14.2 Å². The average Bonchev–Trinajstić information content (AvgIpc) is 4.09. The zero-order valence-corrected chi connectivity index (χ0v) is 41.2. The van der Waals surface area contributed by atoms with Crippen LogP contribution in [-0.2, 0) is 46.0 Å². The van der Waals surface area contributed by atoms with Gasteiger partial charge in [0.05, 0.1) is 31.0 Å². The molecule has 6 N–H and O–H groups in total. The number of rotatable bonds is 28.